The fourth-order valence-electron chi connectivity index (χ4n) is 1.75. The third-order valence-electron chi connectivity index (χ3n) is 2.90. The number of rotatable bonds is 8. The zero-order valence-electron chi connectivity index (χ0n) is 15.3. The van der Waals surface area contributed by atoms with Crippen molar-refractivity contribution in [3.05, 3.63) is 24.3 Å². The summed E-state index contributed by atoms with van der Waals surface area (Å²) >= 11 is 0. The lowest BCUT2D eigenvalue weighted by Crippen LogP contribution is -2.41. The highest BCUT2D eigenvalue weighted by molar-refractivity contribution is 7.89. The molecule has 0 saturated carbocycles. The van der Waals surface area contributed by atoms with Crippen LogP contribution in [0.4, 0.5) is 4.79 Å². The molecule has 0 atom stereocenters. The maximum atomic E-state index is 12.1. The van der Waals surface area contributed by atoms with E-state index in [1.165, 1.54) is 19.2 Å². The van der Waals surface area contributed by atoms with E-state index in [1.54, 1.807) is 32.9 Å². The molecule has 9 nitrogen and oxygen atoms in total. The van der Waals surface area contributed by atoms with Crippen molar-refractivity contribution >= 4 is 22.0 Å². The summed E-state index contributed by atoms with van der Waals surface area (Å²) in [5.41, 5.74) is -0.652. The monoisotopic (exact) mass is 387 g/mol. The Hall–Kier alpha value is -2.33. The van der Waals surface area contributed by atoms with Gasteiger partial charge in [0, 0.05) is 13.1 Å². The molecule has 0 radical (unpaired) electrons. The van der Waals surface area contributed by atoms with Gasteiger partial charge in [0.05, 0.1) is 18.6 Å². The smallest absolute Gasteiger partial charge is 0.408 e. The van der Waals surface area contributed by atoms with Gasteiger partial charge in [-0.05, 0) is 45.0 Å². The molecule has 1 aromatic carbocycles. The Morgan fingerprint density at radius 2 is 1.65 bits per heavy atom. The van der Waals surface area contributed by atoms with Crippen LogP contribution in [0.15, 0.2) is 29.2 Å². The lowest BCUT2D eigenvalue weighted by atomic mass is 10.2. The van der Waals surface area contributed by atoms with Gasteiger partial charge in [-0.2, -0.15) is 0 Å². The second-order valence-electron chi connectivity index (χ2n) is 6.28. The largest absolute Gasteiger partial charge is 0.497 e. The van der Waals surface area contributed by atoms with E-state index in [4.69, 9.17) is 9.47 Å². The first-order chi connectivity index (χ1) is 12.0. The van der Waals surface area contributed by atoms with Gasteiger partial charge in [-0.25, -0.2) is 17.9 Å². The Balaban J connectivity index is 2.32. The minimum Gasteiger partial charge on any atom is -0.497 e. The second-order valence-corrected chi connectivity index (χ2v) is 8.05. The average Bonchev–Trinajstić information content (AvgIpc) is 2.55. The Morgan fingerprint density at radius 3 is 2.19 bits per heavy atom. The molecule has 10 heteroatoms. The summed E-state index contributed by atoms with van der Waals surface area (Å²) in [6.07, 6.45) is -0.701. The van der Waals surface area contributed by atoms with Gasteiger partial charge in [0.2, 0.25) is 15.9 Å². The fourth-order valence-corrected chi connectivity index (χ4v) is 2.79. The van der Waals surface area contributed by atoms with Crippen molar-refractivity contribution in [1.29, 1.82) is 0 Å². The van der Waals surface area contributed by atoms with Crippen molar-refractivity contribution < 1.29 is 27.5 Å². The lowest BCUT2D eigenvalue weighted by Gasteiger charge is -2.19. The van der Waals surface area contributed by atoms with Crippen LogP contribution in [0.25, 0.3) is 0 Å². The maximum absolute atomic E-state index is 12.1. The quantitative estimate of drug-likeness (QED) is 0.562. The summed E-state index contributed by atoms with van der Waals surface area (Å²) < 4.78 is 36.5. The second kappa shape index (κ2) is 9.39. The predicted octanol–water partition coefficient (Wildman–Crippen LogP) is 0.614. The Morgan fingerprint density at radius 1 is 1.04 bits per heavy atom. The third kappa shape index (κ3) is 8.17. The normalized spacial score (nSPS) is 11.5. The van der Waals surface area contributed by atoms with Gasteiger partial charge >= 0.3 is 6.09 Å². The van der Waals surface area contributed by atoms with E-state index >= 15 is 0 Å². The van der Waals surface area contributed by atoms with Crippen molar-refractivity contribution in [2.75, 3.05) is 26.7 Å². The van der Waals surface area contributed by atoms with E-state index in [0.29, 0.717) is 5.75 Å². The topological polar surface area (TPSA) is 123 Å². The van der Waals surface area contributed by atoms with Crippen molar-refractivity contribution in [2.45, 2.75) is 31.3 Å². The molecule has 0 saturated heterocycles. The van der Waals surface area contributed by atoms with E-state index in [0.717, 1.165) is 0 Å². The molecule has 1 rings (SSSR count). The first-order valence-corrected chi connectivity index (χ1v) is 9.39. The van der Waals surface area contributed by atoms with Crippen LogP contribution in [0, 0.1) is 0 Å². The SMILES string of the molecule is COc1ccc(S(=O)(=O)NCCNC(=O)CNC(=O)OC(C)(C)C)cc1. The zero-order valence-corrected chi connectivity index (χ0v) is 16.1. The number of hydrogen-bond donors (Lipinski definition) is 3. The first-order valence-electron chi connectivity index (χ1n) is 7.91. The number of nitrogens with one attached hydrogen (secondary N) is 3. The van der Waals surface area contributed by atoms with Crippen LogP contribution in [0.1, 0.15) is 20.8 Å². The first kappa shape index (κ1) is 21.7. The van der Waals surface area contributed by atoms with E-state index in [2.05, 4.69) is 15.4 Å². The number of hydrogen-bond acceptors (Lipinski definition) is 6. The van der Waals surface area contributed by atoms with Crippen LogP contribution >= 0.6 is 0 Å². The summed E-state index contributed by atoms with van der Waals surface area (Å²) in [7, 11) is -2.19. The van der Waals surface area contributed by atoms with E-state index in [9.17, 15) is 18.0 Å². The molecule has 1 aromatic rings. The molecule has 146 valence electrons. The van der Waals surface area contributed by atoms with Gasteiger partial charge in [0.15, 0.2) is 0 Å². The van der Waals surface area contributed by atoms with Crippen LogP contribution in [0.2, 0.25) is 0 Å². The Kier molecular flexibility index (Phi) is 7.84. The van der Waals surface area contributed by atoms with Crippen LogP contribution in [0.5, 0.6) is 5.75 Å². The number of ether oxygens (including phenoxy) is 2. The van der Waals surface area contributed by atoms with Crippen molar-refractivity contribution in [2.24, 2.45) is 0 Å². The minimum absolute atomic E-state index is 0.00649. The number of methoxy groups -OCH3 is 1. The number of carbonyl (C=O) groups excluding carboxylic acids is 2. The van der Waals surface area contributed by atoms with Gasteiger partial charge in [0.25, 0.3) is 0 Å². The van der Waals surface area contributed by atoms with E-state index < -0.39 is 27.6 Å². The maximum Gasteiger partial charge on any atom is 0.408 e. The molecule has 0 fully saturated rings. The molecule has 26 heavy (non-hydrogen) atoms. The molecule has 0 aliphatic carbocycles. The van der Waals surface area contributed by atoms with Gasteiger partial charge in [-0.15, -0.1) is 0 Å². The minimum atomic E-state index is -3.68. The molecule has 0 heterocycles. The van der Waals surface area contributed by atoms with E-state index in [-0.39, 0.29) is 24.5 Å². The predicted molar refractivity (Wildman–Crippen MR) is 95.4 cm³/mol. The molecule has 3 N–H and O–H groups in total. The summed E-state index contributed by atoms with van der Waals surface area (Å²) in [6, 6.07) is 5.92. The highest BCUT2D eigenvalue weighted by Gasteiger charge is 2.17. The average molecular weight is 387 g/mol. The number of alkyl carbamates (subject to hydrolysis) is 1. The molecular weight excluding hydrogens is 362 g/mol. The molecule has 0 bridgehead atoms. The molecule has 0 unspecified atom stereocenters. The van der Waals surface area contributed by atoms with Gasteiger partial charge in [-0.3, -0.25) is 4.79 Å². The summed E-state index contributed by atoms with van der Waals surface area (Å²) in [5, 5.41) is 4.80. The number of benzene rings is 1. The lowest BCUT2D eigenvalue weighted by molar-refractivity contribution is -0.120. The van der Waals surface area contributed by atoms with Gasteiger partial charge < -0.3 is 20.1 Å². The Bertz CT molecular complexity index is 710. The van der Waals surface area contributed by atoms with Crippen LogP contribution < -0.4 is 20.1 Å². The zero-order chi connectivity index (χ0) is 19.8. The third-order valence-corrected chi connectivity index (χ3v) is 4.38. The van der Waals surface area contributed by atoms with E-state index in [1.807, 2.05) is 0 Å². The molecule has 0 aliphatic heterocycles. The number of sulfonamides is 1. The van der Waals surface area contributed by atoms with Gasteiger partial charge in [0.1, 0.15) is 11.4 Å². The molecule has 0 aromatic heterocycles. The Labute approximate surface area is 153 Å². The van der Waals surface area contributed by atoms with Gasteiger partial charge in [-0.1, -0.05) is 0 Å². The van der Waals surface area contributed by atoms with Crippen molar-refractivity contribution in [3.8, 4) is 5.75 Å². The van der Waals surface area contributed by atoms with Crippen LogP contribution in [-0.4, -0.2) is 52.8 Å². The van der Waals surface area contributed by atoms with Crippen molar-refractivity contribution in [1.82, 2.24) is 15.4 Å². The molecular formula is C16H25N3O6S. The fraction of sp³-hybridized carbons (Fsp3) is 0.500. The standard InChI is InChI=1S/C16H25N3O6S/c1-16(2,3)25-15(21)18-11-14(20)17-9-10-19-26(22,23)13-7-5-12(24-4)6-8-13/h5-8,19H,9-11H2,1-4H3,(H,17,20)(H,18,21). The number of carbonyl (C=O) groups is 2. The number of amides is 2. The summed E-state index contributed by atoms with van der Waals surface area (Å²) in [5.74, 6) is 0.0909. The van der Waals surface area contributed by atoms with Crippen LogP contribution in [0.3, 0.4) is 0 Å². The summed E-state index contributed by atoms with van der Waals surface area (Å²) in [4.78, 5) is 23.1. The molecule has 2 amide bonds. The highest BCUT2D eigenvalue weighted by Crippen LogP contribution is 2.14. The molecule has 0 spiro atoms. The van der Waals surface area contributed by atoms with Crippen LogP contribution in [-0.2, 0) is 19.6 Å². The summed E-state index contributed by atoms with van der Waals surface area (Å²) in [6.45, 7) is 4.95. The van der Waals surface area contributed by atoms with Crippen molar-refractivity contribution in [3.63, 3.8) is 0 Å². The molecule has 0 aliphatic rings. The highest BCUT2D eigenvalue weighted by atomic mass is 32.2.